The Bertz CT molecular complexity index is 431. The Morgan fingerprint density at radius 2 is 1.88 bits per heavy atom. The van der Waals surface area contributed by atoms with E-state index in [0.29, 0.717) is 0 Å². The van der Waals surface area contributed by atoms with Crippen molar-refractivity contribution in [1.29, 1.82) is 0 Å². The van der Waals surface area contributed by atoms with E-state index < -0.39 is 0 Å². The lowest BCUT2D eigenvalue weighted by Gasteiger charge is -2.06. The highest BCUT2D eigenvalue weighted by atomic mass is 35.5. The summed E-state index contributed by atoms with van der Waals surface area (Å²) in [5, 5.41) is 3.29. The highest BCUT2D eigenvalue weighted by molar-refractivity contribution is 5.85. The predicted octanol–water partition coefficient (Wildman–Crippen LogP) is 3.12. The lowest BCUT2D eigenvalue weighted by molar-refractivity contribution is 0.415. The molecule has 0 amide bonds. The Labute approximate surface area is 107 Å². The molecular weight excluding hydrogens is 236 g/mol. The van der Waals surface area contributed by atoms with Crippen molar-refractivity contribution in [2.75, 3.05) is 12.4 Å². The van der Waals surface area contributed by atoms with Crippen LogP contribution in [-0.4, -0.2) is 12.1 Å². The fourth-order valence-electron chi connectivity index (χ4n) is 1.40. The number of ether oxygens (including phenoxy) is 1. The third-order valence-corrected chi connectivity index (χ3v) is 2.29. The van der Waals surface area contributed by atoms with E-state index in [9.17, 15) is 0 Å². The minimum Gasteiger partial charge on any atom is -0.497 e. The number of rotatable bonds is 4. The van der Waals surface area contributed by atoms with Crippen molar-refractivity contribution < 1.29 is 4.74 Å². The molecule has 0 saturated carbocycles. The molecule has 1 aromatic heterocycles. The van der Waals surface area contributed by atoms with E-state index in [1.807, 2.05) is 42.5 Å². The SMILES string of the molecule is COc1ccc(NCc2ccccn2)cc1.Cl. The van der Waals surface area contributed by atoms with E-state index in [2.05, 4.69) is 10.3 Å². The zero-order chi connectivity index (χ0) is 11.2. The second kappa shape index (κ2) is 6.76. The average molecular weight is 251 g/mol. The number of anilines is 1. The van der Waals surface area contributed by atoms with Crippen molar-refractivity contribution in [1.82, 2.24) is 4.98 Å². The predicted molar refractivity (Wildman–Crippen MR) is 71.8 cm³/mol. The maximum Gasteiger partial charge on any atom is 0.119 e. The molecule has 0 unspecified atom stereocenters. The van der Waals surface area contributed by atoms with Gasteiger partial charge in [-0.3, -0.25) is 4.98 Å². The first-order valence-electron chi connectivity index (χ1n) is 5.16. The van der Waals surface area contributed by atoms with Gasteiger partial charge in [0.05, 0.1) is 19.3 Å². The average Bonchev–Trinajstić information content (AvgIpc) is 2.38. The van der Waals surface area contributed by atoms with Crippen molar-refractivity contribution in [3.63, 3.8) is 0 Å². The highest BCUT2D eigenvalue weighted by Crippen LogP contribution is 2.15. The summed E-state index contributed by atoms with van der Waals surface area (Å²) in [5.41, 5.74) is 2.09. The largest absolute Gasteiger partial charge is 0.497 e. The first kappa shape index (κ1) is 13.3. The topological polar surface area (TPSA) is 34.1 Å². The molecule has 0 atom stereocenters. The fraction of sp³-hybridized carbons (Fsp3) is 0.154. The fourth-order valence-corrected chi connectivity index (χ4v) is 1.40. The molecule has 0 aliphatic rings. The van der Waals surface area contributed by atoms with E-state index in [1.165, 1.54) is 0 Å². The minimum atomic E-state index is 0. The molecule has 0 radical (unpaired) electrons. The van der Waals surface area contributed by atoms with Gasteiger partial charge < -0.3 is 10.1 Å². The summed E-state index contributed by atoms with van der Waals surface area (Å²) in [4.78, 5) is 4.24. The van der Waals surface area contributed by atoms with Gasteiger partial charge in [-0.15, -0.1) is 12.4 Å². The van der Waals surface area contributed by atoms with Crippen molar-refractivity contribution >= 4 is 18.1 Å². The molecule has 4 heteroatoms. The quantitative estimate of drug-likeness (QED) is 0.905. The minimum absolute atomic E-state index is 0. The van der Waals surface area contributed by atoms with Gasteiger partial charge in [0.2, 0.25) is 0 Å². The Kier molecular flexibility index (Phi) is 5.30. The summed E-state index contributed by atoms with van der Waals surface area (Å²) >= 11 is 0. The molecule has 2 aromatic rings. The molecule has 17 heavy (non-hydrogen) atoms. The number of pyridine rings is 1. The first-order chi connectivity index (χ1) is 7.88. The summed E-state index contributed by atoms with van der Waals surface area (Å²) < 4.78 is 5.09. The van der Waals surface area contributed by atoms with Crippen molar-refractivity contribution in [2.24, 2.45) is 0 Å². The van der Waals surface area contributed by atoms with Gasteiger partial charge in [-0.1, -0.05) is 6.07 Å². The Balaban J connectivity index is 0.00000144. The van der Waals surface area contributed by atoms with Crippen molar-refractivity contribution in [2.45, 2.75) is 6.54 Å². The van der Waals surface area contributed by atoms with Crippen molar-refractivity contribution in [3.05, 3.63) is 54.4 Å². The van der Waals surface area contributed by atoms with Gasteiger partial charge in [0.15, 0.2) is 0 Å². The second-order valence-corrected chi connectivity index (χ2v) is 3.40. The zero-order valence-electron chi connectivity index (χ0n) is 9.59. The van der Waals surface area contributed by atoms with Crippen LogP contribution < -0.4 is 10.1 Å². The molecule has 2 rings (SSSR count). The van der Waals surface area contributed by atoms with Crippen LogP contribution in [0, 0.1) is 0 Å². The molecule has 0 aliphatic heterocycles. The number of hydrogen-bond acceptors (Lipinski definition) is 3. The lowest BCUT2D eigenvalue weighted by atomic mass is 10.3. The Morgan fingerprint density at radius 1 is 1.12 bits per heavy atom. The van der Waals surface area contributed by atoms with Gasteiger partial charge in [-0.25, -0.2) is 0 Å². The standard InChI is InChI=1S/C13H14N2O.ClH/c1-16-13-7-5-11(6-8-13)15-10-12-4-2-3-9-14-12;/h2-9,15H,10H2,1H3;1H. The summed E-state index contributed by atoms with van der Waals surface area (Å²) in [6.07, 6.45) is 1.80. The monoisotopic (exact) mass is 250 g/mol. The zero-order valence-corrected chi connectivity index (χ0v) is 10.4. The van der Waals surface area contributed by atoms with Gasteiger partial charge in [-0.05, 0) is 36.4 Å². The van der Waals surface area contributed by atoms with Crippen LogP contribution in [0.25, 0.3) is 0 Å². The number of benzene rings is 1. The molecule has 1 aromatic carbocycles. The van der Waals surface area contributed by atoms with E-state index in [4.69, 9.17) is 4.74 Å². The molecule has 0 bridgehead atoms. The van der Waals surface area contributed by atoms with Gasteiger partial charge >= 0.3 is 0 Å². The summed E-state index contributed by atoms with van der Waals surface area (Å²) in [5.74, 6) is 0.864. The molecule has 3 nitrogen and oxygen atoms in total. The van der Waals surface area contributed by atoms with E-state index >= 15 is 0 Å². The van der Waals surface area contributed by atoms with Crippen LogP contribution in [0.2, 0.25) is 0 Å². The number of aromatic nitrogens is 1. The van der Waals surface area contributed by atoms with E-state index in [0.717, 1.165) is 23.7 Å². The Hall–Kier alpha value is -1.74. The van der Waals surface area contributed by atoms with Crippen LogP contribution >= 0.6 is 12.4 Å². The van der Waals surface area contributed by atoms with Crippen LogP contribution in [0.4, 0.5) is 5.69 Å². The number of hydrogen-bond donors (Lipinski definition) is 1. The van der Waals surface area contributed by atoms with Crippen molar-refractivity contribution in [3.8, 4) is 5.75 Å². The summed E-state index contributed by atoms with van der Waals surface area (Å²) in [6.45, 7) is 0.729. The molecular formula is C13H15ClN2O. The van der Waals surface area contributed by atoms with E-state index in [-0.39, 0.29) is 12.4 Å². The van der Waals surface area contributed by atoms with Crippen LogP contribution in [0.3, 0.4) is 0 Å². The van der Waals surface area contributed by atoms with Crippen LogP contribution in [0.15, 0.2) is 48.7 Å². The molecule has 1 heterocycles. The molecule has 0 aliphatic carbocycles. The smallest absolute Gasteiger partial charge is 0.119 e. The van der Waals surface area contributed by atoms with E-state index in [1.54, 1.807) is 13.3 Å². The normalized spacial score (nSPS) is 9.24. The molecule has 90 valence electrons. The molecule has 1 N–H and O–H groups in total. The second-order valence-electron chi connectivity index (χ2n) is 3.40. The van der Waals surface area contributed by atoms with Gasteiger partial charge in [0, 0.05) is 11.9 Å². The van der Waals surface area contributed by atoms with Gasteiger partial charge in [-0.2, -0.15) is 0 Å². The van der Waals surface area contributed by atoms with Crippen LogP contribution in [-0.2, 0) is 6.54 Å². The molecule has 0 saturated heterocycles. The number of nitrogens with one attached hydrogen (secondary N) is 1. The number of halogens is 1. The molecule has 0 fully saturated rings. The third kappa shape index (κ3) is 3.96. The third-order valence-electron chi connectivity index (χ3n) is 2.29. The van der Waals surface area contributed by atoms with Gasteiger partial charge in [0.25, 0.3) is 0 Å². The first-order valence-corrected chi connectivity index (χ1v) is 5.16. The van der Waals surface area contributed by atoms with Crippen LogP contribution in [0.5, 0.6) is 5.75 Å². The molecule has 0 spiro atoms. The summed E-state index contributed by atoms with van der Waals surface area (Å²) in [6, 6.07) is 13.7. The van der Waals surface area contributed by atoms with Crippen LogP contribution in [0.1, 0.15) is 5.69 Å². The number of nitrogens with zero attached hydrogens (tertiary/aromatic N) is 1. The summed E-state index contributed by atoms with van der Waals surface area (Å²) in [7, 11) is 1.66. The maximum atomic E-state index is 5.09. The van der Waals surface area contributed by atoms with Gasteiger partial charge in [0.1, 0.15) is 5.75 Å². The lowest BCUT2D eigenvalue weighted by Crippen LogP contribution is -2.00. The number of methoxy groups -OCH3 is 1. The maximum absolute atomic E-state index is 5.09. The highest BCUT2D eigenvalue weighted by Gasteiger charge is 1.95. The Morgan fingerprint density at radius 3 is 2.47 bits per heavy atom.